The zero-order valence-corrected chi connectivity index (χ0v) is 17.5. The molecule has 1 N–H and O–H groups in total. The molecule has 1 aliphatic rings. The first-order valence-electron chi connectivity index (χ1n) is 10.1. The number of anilines is 2. The highest BCUT2D eigenvalue weighted by Crippen LogP contribution is 2.33. The highest BCUT2D eigenvalue weighted by atomic mass is 16.5. The summed E-state index contributed by atoms with van der Waals surface area (Å²) in [5.74, 6) is 1.03. The van der Waals surface area contributed by atoms with E-state index in [1.54, 1.807) is 17.8 Å². The molecule has 0 aliphatic heterocycles. The highest BCUT2D eigenvalue weighted by Gasteiger charge is 2.32. The van der Waals surface area contributed by atoms with E-state index in [1.165, 1.54) is 0 Å². The minimum Gasteiger partial charge on any atom is -0.337 e. The quantitative estimate of drug-likeness (QED) is 0.541. The number of carbonyl (C=O) groups excluding carboxylic acids is 1. The lowest BCUT2D eigenvalue weighted by molar-refractivity contribution is -0.125. The summed E-state index contributed by atoms with van der Waals surface area (Å²) in [6.07, 6.45) is 2.70. The number of benzene rings is 1. The highest BCUT2D eigenvalue weighted by molar-refractivity contribution is 5.86. The average molecular weight is 415 g/mol. The molecule has 8 heteroatoms. The van der Waals surface area contributed by atoms with Crippen LogP contribution in [-0.2, 0) is 11.8 Å². The summed E-state index contributed by atoms with van der Waals surface area (Å²) in [6, 6.07) is 9.55. The van der Waals surface area contributed by atoms with E-state index in [2.05, 4.69) is 20.4 Å². The van der Waals surface area contributed by atoms with Crippen molar-refractivity contribution in [2.45, 2.75) is 32.6 Å². The van der Waals surface area contributed by atoms with E-state index >= 15 is 0 Å². The molecular formula is C23H21N5O3. The summed E-state index contributed by atoms with van der Waals surface area (Å²) in [6.45, 7) is 3.87. The van der Waals surface area contributed by atoms with Crippen LogP contribution in [0.1, 0.15) is 35.9 Å². The van der Waals surface area contributed by atoms with Crippen molar-refractivity contribution < 1.29 is 9.32 Å². The number of ketones is 1. The second kappa shape index (κ2) is 7.16. The monoisotopic (exact) mass is 415 g/mol. The molecular weight excluding hydrogens is 394 g/mol. The SMILES string of the molecule is Cc1cc2c(cn1)cc(-c1cc(Nc3noc(C4CC(=O)C4)n3)ccc1C)c(=O)n2C. The van der Waals surface area contributed by atoms with Crippen molar-refractivity contribution in [3.05, 3.63) is 64.0 Å². The Hall–Kier alpha value is -3.81. The van der Waals surface area contributed by atoms with Crippen molar-refractivity contribution in [1.82, 2.24) is 19.7 Å². The lowest BCUT2D eigenvalue weighted by Gasteiger charge is -2.19. The number of fused-ring (bicyclic) bond motifs is 1. The van der Waals surface area contributed by atoms with Crippen LogP contribution in [0, 0.1) is 13.8 Å². The second-order valence-corrected chi connectivity index (χ2v) is 8.06. The van der Waals surface area contributed by atoms with E-state index < -0.39 is 0 Å². The molecule has 0 saturated heterocycles. The van der Waals surface area contributed by atoms with Gasteiger partial charge in [0.2, 0.25) is 5.89 Å². The first-order chi connectivity index (χ1) is 14.9. The van der Waals surface area contributed by atoms with Crippen molar-refractivity contribution in [2.75, 3.05) is 5.32 Å². The van der Waals surface area contributed by atoms with Crippen molar-refractivity contribution in [2.24, 2.45) is 7.05 Å². The van der Waals surface area contributed by atoms with Crippen LogP contribution in [0.4, 0.5) is 11.6 Å². The van der Waals surface area contributed by atoms with Gasteiger partial charge in [-0.25, -0.2) is 0 Å². The van der Waals surface area contributed by atoms with Gasteiger partial charge in [-0.2, -0.15) is 4.98 Å². The fraction of sp³-hybridized carbons (Fsp3) is 0.261. The standard InChI is InChI=1S/C23H21N5O3/c1-12-4-5-16(25-23-26-21(31-27-23)14-7-17(29)8-14)10-18(12)19-9-15-11-24-13(2)6-20(15)28(3)22(19)30/h4-6,9-11,14H,7-8H2,1-3H3,(H,25,27). The van der Waals surface area contributed by atoms with Gasteiger partial charge in [0.15, 0.2) is 0 Å². The predicted octanol–water partition coefficient (Wildman–Crippen LogP) is 3.79. The van der Waals surface area contributed by atoms with Gasteiger partial charge in [-0.15, -0.1) is 0 Å². The number of pyridine rings is 2. The number of hydrogen-bond donors (Lipinski definition) is 1. The molecule has 1 saturated carbocycles. The summed E-state index contributed by atoms with van der Waals surface area (Å²) in [7, 11) is 1.77. The molecule has 5 rings (SSSR count). The Morgan fingerprint density at radius 1 is 1.10 bits per heavy atom. The van der Waals surface area contributed by atoms with E-state index in [4.69, 9.17) is 4.52 Å². The van der Waals surface area contributed by atoms with E-state index in [9.17, 15) is 9.59 Å². The minimum atomic E-state index is -0.0742. The zero-order chi connectivity index (χ0) is 21.7. The Balaban J connectivity index is 1.51. The van der Waals surface area contributed by atoms with Crippen LogP contribution >= 0.6 is 0 Å². The molecule has 3 heterocycles. The molecule has 0 atom stereocenters. The molecule has 4 aromatic rings. The number of aromatic nitrogens is 4. The van der Waals surface area contributed by atoms with E-state index in [0.717, 1.165) is 33.4 Å². The van der Waals surface area contributed by atoms with E-state index in [1.807, 2.05) is 44.2 Å². The topological polar surface area (TPSA) is 103 Å². The normalized spacial score (nSPS) is 14.1. The first-order valence-corrected chi connectivity index (χ1v) is 10.1. The third-order valence-electron chi connectivity index (χ3n) is 5.77. The maximum atomic E-state index is 13.1. The maximum Gasteiger partial charge on any atom is 0.267 e. The van der Waals surface area contributed by atoms with Crippen LogP contribution in [0.2, 0.25) is 0 Å². The van der Waals surface area contributed by atoms with Crippen molar-refractivity contribution in [3.63, 3.8) is 0 Å². The third kappa shape index (κ3) is 3.39. The van der Waals surface area contributed by atoms with Crippen LogP contribution in [-0.4, -0.2) is 25.5 Å². The number of Topliss-reactive ketones (excluding diaryl/α,β-unsaturated/α-hetero) is 1. The summed E-state index contributed by atoms with van der Waals surface area (Å²) < 4.78 is 6.94. The van der Waals surface area contributed by atoms with Crippen LogP contribution < -0.4 is 10.9 Å². The number of rotatable bonds is 4. The van der Waals surface area contributed by atoms with Gasteiger partial charge in [0.1, 0.15) is 5.78 Å². The fourth-order valence-corrected chi connectivity index (χ4v) is 3.89. The Morgan fingerprint density at radius 2 is 1.90 bits per heavy atom. The molecule has 3 aromatic heterocycles. The van der Waals surface area contributed by atoms with Crippen molar-refractivity contribution >= 4 is 28.3 Å². The van der Waals surface area contributed by atoms with Crippen molar-refractivity contribution in [1.29, 1.82) is 0 Å². The molecule has 0 bridgehead atoms. The minimum absolute atomic E-state index is 0.0157. The molecule has 31 heavy (non-hydrogen) atoms. The van der Waals surface area contributed by atoms with Crippen molar-refractivity contribution in [3.8, 4) is 11.1 Å². The van der Waals surface area contributed by atoms with Gasteiger partial charge in [-0.1, -0.05) is 6.07 Å². The summed E-state index contributed by atoms with van der Waals surface area (Å²) in [5, 5.41) is 8.00. The average Bonchev–Trinajstić information content (AvgIpc) is 3.18. The number of hydrogen-bond acceptors (Lipinski definition) is 7. The van der Waals surface area contributed by atoms with Crippen LogP contribution in [0.15, 0.2) is 45.8 Å². The number of carbonyl (C=O) groups is 1. The molecule has 0 radical (unpaired) electrons. The molecule has 0 unspecified atom stereocenters. The van der Waals surface area contributed by atoms with Gasteiger partial charge in [0, 0.05) is 48.4 Å². The first kappa shape index (κ1) is 19.2. The zero-order valence-electron chi connectivity index (χ0n) is 17.5. The largest absolute Gasteiger partial charge is 0.337 e. The summed E-state index contributed by atoms with van der Waals surface area (Å²) >= 11 is 0. The van der Waals surface area contributed by atoms with Gasteiger partial charge >= 0.3 is 0 Å². The van der Waals surface area contributed by atoms with Gasteiger partial charge < -0.3 is 14.4 Å². The Kier molecular flexibility index (Phi) is 4.43. The van der Waals surface area contributed by atoms with Gasteiger partial charge in [0.25, 0.3) is 11.5 Å². The smallest absolute Gasteiger partial charge is 0.267 e. The van der Waals surface area contributed by atoms with Gasteiger partial charge in [-0.05, 0) is 54.4 Å². The van der Waals surface area contributed by atoms with Crippen LogP contribution in [0.3, 0.4) is 0 Å². The third-order valence-corrected chi connectivity index (χ3v) is 5.77. The van der Waals surface area contributed by atoms with E-state index in [-0.39, 0.29) is 17.3 Å². The lowest BCUT2D eigenvalue weighted by atomic mass is 9.84. The summed E-state index contributed by atoms with van der Waals surface area (Å²) in [4.78, 5) is 33.0. The lowest BCUT2D eigenvalue weighted by Crippen LogP contribution is -2.21. The summed E-state index contributed by atoms with van der Waals surface area (Å²) in [5.41, 5.74) is 4.77. The predicted molar refractivity (Wildman–Crippen MR) is 116 cm³/mol. The molecule has 0 spiro atoms. The Labute approximate surface area is 177 Å². The molecule has 8 nitrogen and oxygen atoms in total. The Bertz CT molecular complexity index is 1390. The van der Waals surface area contributed by atoms with Crippen LogP contribution in [0.5, 0.6) is 0 Å². The van der Waals surface area contributed by atoms with Crippen LogP contribution in [0.25, 0.3) is 22.0 Å². The number of nitrogens with zero attached hydrogens (tertiary/aromatic N) is 4. The fourth-order valence-electron chi connectivity index (χ4n) is 3.89. The van der Waals surface area contributed by atoms with Gasteiger partial charge in [-0.3, -0.25) is 14.6 Å². The molecule has 1 fully saturated rings. The van der Waals surface area contributed by atoms with Gasteiger partial charge in [0.05, 0.1) is 11.4 Å². The number of aryl methyl sites for hydroxylation is 3. The molecule has 1 aliphatic carbocycles. The second-order valence-electron chi connectivity index (χ2n) is 8.06. The van der Waals surface area contributed by atoms with E-state index in [0.29, 0.717) is 30.2 Å². The number of nitrogens with one attached hydrogen (secondary N) is 1. The maximum absolute atomic E-state index is 13.1. The Morgan fingerprint density at radius 3 is 2.68 bits per heavy atom. The molecule has 1 aromatic carbocycles. The molecule has 0 amide bonds. The molecule has 156 valence electrons.